The normalized spacial score (nSPS) is 15.9. The summed E-state index contributed by atoms with van der Waals surface area (Å²) in [5, 5.41) is 5.55. The minimum atomic E-state index is -2.36. The Labute approximate surface area is 174 Å². The number of benzene rings is 2. The van der Waals surface area contributed by atoms with Crippen LogP contribution in [0.2, 0.25) is 0 Å². The summed E-state index contributed by atoms with van der Waals surface area (Å²) in [5.74, 6) is 0.541. The van der Waals surface area contributed by atoms with Crippen LogP contribution in [0.15, 0.2) is 54.6 Å². The molecule has 0 aliphatic carbocycles. The second-order valence-corrected chi connectivity index (χ2v) is 7.32. The maximum atomic E-state index is 12.3. The lowest BCUT2D eigenvalue weighted by Gasteiger charge is -2.13. The van der Waals surface area contributed by atoms with E-state index in [-0.39, 0.29) is 18.5 Å². The fourth-order valence-electron chi connectivity index (χ4n) is 2.98. The highest BCUT2D eigenvalue weighted by Crippen LogP contribution is 2.28. The second kappa shape index (κ2) is 10.3. The van der Waals surface area contributed by atoms with Gasteiger partial charge in [0.25, 0.3) is 12.3 Å². The van der Waals surface area contributed by atoms with Gasteiger partial charge in [-0.3, -0.25) is 9.69 Å². The van der Waals surface area contributed by atoms with Crippen molar-refractivity contribution in [2.24, 2.45) is 0 Å². The standard InChI is InChI=1S/C22H26F2N4O2/c1-28(2)14-26-22(29)18-5-3-4-17(10-18)19-11-20(30-27-19)16-8-6-15(7-9-16)12-25-13-21(23)24/h3-11,19,21,25,27H,12-14H2,1-2H3,(H,26,29). The predicted octanol–water partition coefficient (Wildman–Crippen LogP) is 2.91. The Hall–Kier alpha value is -2.81. The van der Waals surface area contributed by atoms with E-state index in [1.165, 1.54) is 0 Å². The lowest BCUT2D eigenvalue weighted by molar-refractivity contribution is 0.0935. The molecule has 3 N–H and O–H groups in total. The van der Waals surface area contributed by atoms with E-state index in [1.54, 1.807) is 6.07 Å². The molecule has 0 bridgehead atoms. The maximum absolute atomic E-state index is 12.3. The summed E-state index contributed by atoms with van der Waals surface area (Å²) >= 11 is 0. The molecule has 30 heavy (non-hydrogen) atoms. The predicted molar refractivity (Wildman–Crippen MR) is 112 cm³/mol. The molecule has 0 aromatic heterocycles. The van der Waals surface area contributed by atoms with Crippen LogP contribution in [0, 0.1) is 0 Å². The second-order valence-electron chi connectivity index (χ2n) is 7.32. The quantitative estimate of drug-likeness (QED) is 0.549. The Morgan fingerprint density at radius 2 is 1.97 bits per heavy atom. The number of rotatable bonds is 9. The lowest BCUT2D eigenvalue weighted by Crippen LogP contribution is -2.33. The average Bonchev–Trinajstić information content (AvgIpc) is 3.22. The van der Waals surface area contributed by atoms with Crippen LogP contribution in [-0.4, -0.2) is 44.5 Å². The van der Waals surface area contributed by atoms with E-state index in [4.69, 9.17) is 4.84 Å². The molecule has 3 rings (SSSR count). The van der Waals surface area contributed by atoms with Crippen molar-refractivity contribution in [3.63, 3.8) is 0 Å². The van der Waals surface area contributed by atoms with Gasteiger partial charge in [-0.05, 0) is 43.4 Å². The number of halogens is 2. The lowest BCUT2D eigenvalue weighted by atomic mass is 10.0. The van der Waals surface area contributed by atoms with E-state index < -0.39 is 6.43 Å². The van der Waals surface area contributed by atoms with Crippen LogP contribution in [0.5, 0.6) is 0 Å². The molecule has 1 atom stereocenters. The number of carbonyl (C=O) groups excluding carboxylic acids is 1. The van der Waals surface area contributed by atoms with Gasteiger partial charge in [0, 0.05) is 17.7 Å². The Bertz CT molecular complexity index is 885. The molecule has 8 heteroatoms. The molecule has 0 spiro atoms. The Morgan fingerprint density at radius 3 is 2.67 bits per heavy atom. The van der Waals surface area contributed by atoms with Crippen molar-refractivity contribution < 1.29 is 18.4 Å². The fraction of sp³-hybridized carbons (Fsp3) is 0.318. The summed E-state index contributed by atoms with van der Waals surface area (Å²) in [5.41, 5.74) is 6.26. The Morgan fingerprint density at radius 1 is 1.20 bits per heavy atom. The summed E-state index contributed by atoms with van der Waals surface area (Å²) in [6, 6.07) is 14.7. The van der Waals surface area contributed by atoms with Crippen molar-refractivity contribution in [1.29, 1.82) is 0 Å². The SMILES string of the molecule is CN(C)CNC(=O)c1cccc(C2C=C(c3ccc(CNCC(F)F)cc3)ON2)c1. The summed E-state index contributed by atoms with van der Waals surface area (Å²) < 4.78 is 24.4. The monoisotopic (exact) mass is 416 g/mol. The zero-order valence-electron chi connectivity index (χ0n) is 17.0. The highest BCUT2D eigenvalue weighted by atomic mass is 19.3. The van der Waals surface area contributed by atoms with Gasteiger partial charge in [-0.25, -0.2) is 8.78 Å². The molecule has 1 aliphatic heterocycles. The summed E-state index contributed by atoms with van der Waals surface area (Å²) in [6.45, 7) is 0.521. The van der Waals surface area contributed by atoms with Gasteiger partial charge in [0.1, 0.15) is 0 Å². The van der Waals surface area contributed by atoms with Crippen LogP contribution in [-0.2, 0) is 11.4 Å². The van der Waals surface area contributed by atoms with E-state index in [0.29, 0.717) is 24.5 Å². The van der Waals surface area contributed by atoms with Crippen LogP contribution in [0.4, 0.5) is 8.78 Å². The van der Waals surface area contributed by atoms with E-state index >= 15 is 0 Å². The zero-order valence-corrected chi connectivity index (χ0v) is 17.0. The fourth-order valence-corrected chi connectivity index (χ4v) is 2.98. The third-order valence-electron chi connectivity index (χ3n) is 4.54. The van der Waals surface area contributed by atoms with Crippen LogP contribution in [0.3, 0.4) is 0 Å². The molecule has 0 saturated heterocycles. The van der Waals surface area contributed by atoms with E-state index in [0.717, 1.165) is 16.7 Å². The van der Waals surface area contributed by atoms with Crippen molar-refractivity contribution >= 4 is 11.7 Å². The summed E-state index contributed by atoms with van der Waals surface area (Å²) in [4.78, 5) is 19.8. The first-order chi connectivity index (χ1) is 14.4. The molecule has 6 nitrogen and oxygen atoms in total. The largest absolute Gasteiger partial charge is 0.407 e. The highest BCUT2D eigenvalue weighted by molar-refractivity contribution is 5.94. The molecule has 0 saturated carbocycles. The first kappa shape index (κ1) is 21.9. The van der Waals surface area contributed by atoms with Crippen LogP contribution < -0.4 is 16.1 Å². The number of hydrogen-bond acceptors (Lipinski definition) is 5. The number of nitrogens with zero attached hydrogens (tertiary/aromatic N) is 1. The molecular weight excluding hydrogens is 390 g/mol. The molecule has 2 aromatic rings. The maximum Gasteiger partial charge on any atom is 0.252 e. The van der Waals surface area contributed by atoms with Crippen molar-refractivity contribution in [2.75, 3.05) is 27.3 Å². The van der Waals surface area contributed by atoms with Gasteiger partial charge in [-0.2, -0.15) is 0 Å². The summed E-state index contributed by atoms with van der Waals surface area (Å²) in [7, 11) is 3.77. The number of hydroxylamine groups is 1. The number of alkyl halides is 2. The number of amides is 1. The number of nitrogens with one attached hydrogen (secondary N) is 3. The molecule has 2 aromatic carbocycles. The topological polar surface area (TPSA) is 65.6 Å². The van der Waals surface area contributed by atoms with Crippen molar-refractivity contribution in [3.05, 3.63) is 76.9 Å². The zero-order chi connectivity index (χ0) is 21.5. The Balaban J connectivity index is 1.64. The van der Waals surface area contributed by atoms with Gasteiger partial charge in [-0.1, -0.05) is 36.4 Å². The van der Waals surface area contributed by atoms with Crippen molar-refractivity contribution in [2.45, 2.75) is 19.0 Å². The Kier molecular flexibility index (Phi) is 7.51. The van der Waals surface area contributed by atoms with Crippen molar-refractivity contribution in [1.82, 2.24) is 21.0 Å². The van der Waals surface area contributed by atoms with Crippen LogP contribution in [0.1, 0.15) is 33.1 Å². The van der Waals surface area contributed by atoms with Gasteiger partial charge in [0.05, 0.1) is 19.3 Å². The molecule has 1 unspecified atom stereocenters. The molecule has 1 heterocycles. The molecule has 1 aliphatic rings. The van der Waals surface area contributed by atoms with E-state index in [9.17, 15) is 13.6 Å². The van der Waals surface area contributed by atoms with Crippen LogP contribution >= 0.6 is 0 Å². The van der Waals surface area contributed by atoms with Gasteiger partial charge in [-0.15, -0.1) is 5.48 Å². The average molecular weight is 416 g/mol. The third kappa shape index (κ3) is 6.09. The van der Waals surface area contributed by atoms with E-state index in [2.05, 4.69) is 16.1 Å². The molecule has 0 radical (unpaired) electrons. The first-order valence-corrected chi connectivity index (χ1v) is 9.67. The van der Waals surface area contributed by atoms with Gasteiger partial charge in [0.2, 0.25) is 0 Å². The first-order valence-electron chi connectivity index (χ1n) is 9.67. The molecule has 160 valence electrons. The number of hydrogen-bond donors (Lipinski definition) is 3. The third-order valence-corrected chi connectivity index (χ3v) is 4.54. The van der Waals surface area contributed by atoms with Crippen LogP contribution in [0.25, 0.3) is 5.76 Å². The minimum Gasteiger partial charge on any atom is -0.407 e. The molecule has 0 fully saturated rings. The number of carbonyl (C=O) groups is 1. The smallest absolute Gasteiger partial charge is 0.252 e. The molecular formula is C22H26F2N4O2. The molecule has 1 amide bonds. The van der Waals surface area contributed by atoms with E-state index in [1.807, 2.05) is 67.5 Å². The van der Waals surface area contributed by atoms with Crippen molar-refractivity contribution in [3.8, 4) is 0 Å². The van der Waals surface area contributed by atoms with Gasteiger partial charge in [0.15, 0.2) is 5.76 Å². The summed E-state index contributed by atoms with van der Waals surface area (Å²) in [6.07, 6.45) is -0.414. The highest BCUT2D eigenvalue weighted by Gasteiger charge is 2.21. The van der Waals surface area contributed by atoms with Gasteiger partial charge < -0.3 is 15.5 Å². The van der Waals surface area contributed by atoms with Gasteiger partial charge >= 0.3 is 0 Å². The minimum absolute atomic E-state index is 0.135.